The van der Waals surface area contributed by atoms with Crippen molar-refractivity contribution in [2.45, 2.75) is 25.9 Å². The van der Waals surface area contributed by atoms with Crippen molar-refractivity contribution in [2.75, 3.05) is 37.7 Å². The van der Waals surface area contributed by atoms with Crippen LogP contribution in [0.1, 0.15) is 12.6 Å². The summed E-state index contributed by atoms with van der Waals surface area (Å²) < 4.78 is 5.28. The summed E-state index contributed by atoms with van der Waals surface area (Å²) >= 11 is 0. The predicted molar refractivity (Wildman–Crippen MR) is 72.0 cm³/mol. The second-order valence-corrected chi connectivity index (χ2v) is 5.39. The first-order valence-electron chi connectivity index (χ1n) is 6.75. The van der Waals surface area contributed by atoms with Gasteiger partial charge in [0.25, 0.3) is 0 Å². The Morgan fingerprint density at radius 3 is 2.67 bits per heavy atom. The number of rotatable bonds is 2. The van der Waals surface area contributed by atoms with Crippen LogP contribution in [-0.4, -0.2) is 54.8 Å². The van der Waals surface area contributed by atoms with E-state index in [1.165, 1.54) is 5.69 Å². The fraction of sp³-hybridized carbons (Fsp3) is 0.643. The van der Waals surface area contributed by atoms with Gasteiger partial charge in [0.2, 0.25) is 0 Å². The normalized spacial score (nSPS) is 26.1. The number of aryl methyl sites for hydroxylation is 1. The summed E-state index contributed by atoms with van der Waals surface area (Å²) in [6.07, 6.45) is 1.99. The molecule has 4 heteroatoms. The van der Waals surface area contributed by atoms with Crippen LogP contribution in [0, 0.1) is 6.92 Å². The average molecular weight is 247 g/mol. The van der Waals surface area contributed by atoms with Crippen molar-refractivity contribution in [1.82, 2.24) is 9.88 Å². The summed E-state index contributed by atoms with van der Waals surface area (Å²) in [7, 11) is 0. The van der Waals surface area contributed by atoms with E-state index in [2.05, 4.69) is 33.8 Å². The fourth-order valence-corrected chi connectivity index (χ4v) is 2.76. The van der Waals surface area contributed by atoms with Gasteiger partial charge in [-0.3, -0.25) is 9.88 Å². The van der Waals surface area contributed by atoms with Crippen molar-refractivity contribution >= 4 is 5.69 Å². The molecule has 4 nitrogen and oxygen atoms in total. The molecule has 0 saturated carbocycles. The van der Waals surface area contributed by atoms with Crippen LogP contribution in [-0.2, 0) is 4.74 Å². The number of hydrogen-bond acceptors (Lipinski definition) is 4. The quantitative estimate of drug-likeness (QED) is 0.787. The summed E-state index contributed by atoms with van der Waals surface area (Å²) in [5, 5.41) is 0. The lowest BCUT2D eigenvalue weighted by atomic mass is 10.1. The topological polar surface area (TPSA) is 28.6 Å². The molecule has 1 unspecified atom stereocenters. The van der Waals surface area contributed by atoms with E-state index in [0.29, 0.717) is 12.1 Å². The predicted octanol–water partition coefficient (Wildman–Crippen LogP) is 1.30. The molecule has 3 rings (SSSR count). The van der Waals surface area contributed by atoms with Gasteiger partial charge in [-0.2, -0.15) is 0 Å². The van der Waals surface area contributed by atoms with Crippen molar-refractivity contribution in [3.8, 4) is 0 Å². The van der Waals surface area contributed by atoms with Gasteiger partial charge in [-0.25, -0.2) is 0 Å². The highest BCUT2D eigenvalue weighted by atomic mass is 16.5. The number of aromatic nitrogens is 1. The van der Waals surface area contributed by atoms with Crippen LogP contribution < -0.4 is 4.90 Å². The average Bonchev–Trinajstić information content (AvgIpc) is 2.29. The van der Waals surface area contributed by atoms with Crippen molar-refractivity contribution in [1.29, 1.82) is 0 Å². The highest BCUT2D eigenvalue weighted by Gasteiger charge is 2.32. The van der Waals surface area contributed by atoms with Crippen LogP contribution in [0.5, 0.6) is 0 Å². The fourth-order valence-electron chi connectivity index (χ4n) is 2.76. The van der Waals surface area contributed by atoms with E-state index in [1.54, 1.807) is 0 Å². The highest BCUT2D eigenvalue weighted by molar-refractivity contribution is 5.46. The Bertz CT molecular complexity index is 402. The van der Waals surface area contributed by atoms with Gasteiger partial charge >= 0.3 is 0 Å². The van der Waals surface area contributed by atoms with Crippen molar-refractivity contribution in [2.24, 2.45) is 0 Å². The Morgan fingerprint density at radius 2 is 2.11 bits per heavy atom. The minimum absolute atomic E-state index is 0.545. The van der Waals surface area contributed by atoms with E-state index >= 15 is 0 Å². The van der Waals surface area contributed by atoms with Crippen molar-refractivity contribution in [3.63, 3.8) is 0 Å². The van der Waals surface area contributed by atoms with Gasteiger partial charge in [-0.1, -0.05) is 0 Å². The lowest BCUT2D eigenvalue weighted by Gasteiger charge is -2.46. The minimum atomic E-state index is 0.545. The number of hydrogen-bond donors (Lipinski definition) is 0. The zero-order valence-electron chi connectivity index (χ0n) is 11.2. The third-order valence-electron chi connectivity index (χ3n) is 4.02. The maximum atomic E-state index is 5.28. The van der Waals surface area contributed by atoms with Crippen LogP contribution >= 0.6 is 0 Å². The summed E-state index contributed by atoms with van der Waals surface area (Å²) in [4.78, 5) is 9.42. The van der Waals surface area contributed by atoms with Gasteiger partial charge in [0.1, 0.15) is 0 Å². The van der Waals surface area contributed by atoms with Crippen LogP contribution in [0.2, 0.25) is 0 Å². The molecule has 2 saturated heterocycles. The maximum absolute atomic E-state index is 5.28. The monoisotopic (exact) mass is 247 g/mol. The minimum Gasteiger partial charge on any atom is -0.378 e. The smallest absolute Gasteiger partial charge is 0.0645 e. The zero-order valence-corrected chi connectivity index (χ0v) is 11.2. The van der Waals surface area contributed by atoms with E-state index in [0.717, 1.165) is 38.5 Å². The Hall–Kier alpha value is -1.13. The molecule has 0 radical (unpaired) electrons. The third-order valence-corrected chi connectivity index (χ3v) is 4.02. The first-order valence-corrected chi connectivity index (χ1v) is 6.75. The SMILES string of the molecule is Cc1ccc(N2CCN(C3COC3)CC2C)cn1. The Labute approximate surface area is 109 Å². The van der Waals surface area contributed by atoms with Gasteiger partial charge in [0.15, 0.2) is 0 Å². The molecule has 1 atom stereocenters. The molecular formula is C14H21N3O. The Morgan fingerprint density at radius 1 is 1.28 bits per heavy atom. The van der Waals surface area contributed by atoms with E-state index < -0.39 is 0 Å². The molecule has 0 N–H and O–H groups in total. The molecule has 0 amide bonds. The number of pyridine rings is 1. The second-order valence-electron chi connectivity index (χ2n) is 5.39. The van der Waals surface area contributed by atoms with Crippen LogP contribution in [0.4, 0.5) is 5.69 Å². The molecule has 0 spiro atoms. The number of anilines is 1. The lowest BCUT2D eigenvalue weighted by molar-refractivity contribution is -0.0691. The molecule has 0 aliphatic carbocycles. The summed E-state index contributed by atoms with van der Waals surface area (Å²) in [5.41, 5.74) is 2.33. The van der Waals surface area contributed by atoms with Crippen LogP contribution in [0.3, 0.4) is 0 Å². The third kappa shape index (κ3) is 2.22. The van der Waals surface area contributed by atoms with E-state index in [1.807, 2.05) is 13.1 Å². The zero-order chi connectivity index (χ0) is 12.5. The molecule has 1 aromatic heterocycles. The second kappa shape index (κ2) is 4.86. The largest absolute Gasteiger partial charge is 0.378 e. The van der Waals surface area contributed by atoms with Gasteiger partial charge in [-0.15, -0.1) is 0 Å². The molecule has 98 valence electrons. The van der Waals surface area contributed by atoms with Gasteiger partial charge < -0.3 is 9.64 Å². The molecular weight excluding hydrogens is 226 g/mol. The molecule has 1 aromatic rings. The van der Waals surface area contributed by atoms with E-state index in [4.69, 9.17) is 4.74 Å². The Kier molecular flexibility index (Phi) is 3.22. The maximum Gasteiger partial charge on any atom is 0.0645 e. The highest BCUT2D eigenvalue weighted by Crippen LogP contribution is 2.22. The first kappa shape index (κ1) is 11.9. The molecule has 2 fully saturated rings. The molecule has 0 aromatic carbocycles. The molecule has 3 heterocycles. The van der Waals surface area contributed by atoms with E-state index in [9.17, 15) is 0 Å². The molecule has 2 aliphatic rings. The molecule has 18 heavy (non-hydrogen) atoms. The summed E-state index contributed by atoms with van der Waals surface area (Å²) in [5.74, 6) is 0. The number of piperazine rings is 1. The molecule has 0 bridgehead atoms. The number of ether oxygens (including phenoxy) is 1. The van der Waals surface area contributed by atoms with Gasteiger partial charge in [0, 0.05) is 31.4 Å². The van der Waals surface area contributed by atoms with Crippen LogP contribution in [0.25, 0.3) is 0 Å². The van der Waals surface area contributed by atoms with Crippen molar-refractivity contribution in [3.05, 3.63) is 24.0 Å². The lowest BCUT2D eigenvalue weighted by Crippen LogP contribution is -2.59. The standard InChI is InChI=1S/C14H21N3O/c1-11-3-4-13(7-15-11)17-6-5-16(8-12(17)2)14-9-18-10-14/h3-4,7,12,14H,5-6,8-10H2,1-2H3. The summed E-state index contributed by atoms with van der Waals surface area (Å²) in [6.45, 7) is 9.50. The van der Waals surface area contributed by atoms with Gasteiger partial charge in [-0.05, 0) is 26.0 Å². The van der Waals surface area contributed by atoms with Crippen molar-refractivity contribution < 1.29 is 4.74 Å². The Balaban J connectivity index is 1.66. The van der Waals surface area contributed by atoms with Gasteiger partial charge in [0.05, 0.1) is 31.1 Å². The summed E-state index contributed by atoms with van der Waals surface area (Å²) in [6, 6.07) is 5.48. The van der Waals surface area contributed by atoms with E-state index in [-0.39, 0.29) is 0 Å². The first-order chi connectivity index (χ1) is 8.74. The number of nitrogens with zero attached hydrogens (tertiary/aromatic N) is 3. The van der Waals surface area contributed by atoms with Crippen LogP contribution in [0.15, 0.2) is 18.3 Å². The molecule has 2 aliphatic heterocycles.